The van der Waals surface area contributed by atoms with Crippen molar-refractivity contribution < 1.29 is 80.2 Å². The third kappa shape index (κ3) is 69.2. The van der Waals surface area contributed by atoms with Crippen molar-refractivity contribution >= 4 is 39.5 Å². The summed E-state index contributed by atoms with van der Waals surface area (Å²) in [5.74, 6) is 0.135. The van der Waals surface area contributed by atoms with Gasteiger partial charge >= 0.3 is 39.5 Å². The van der Waals surface area contributed by atoms with Crippen molar-refractivity contribution in [3.63, 3.8) is 0 Å². The molecule has 0 radical (unpaired) electrons. The van der Waals surface area contributed by atoms with Gasteiger partial charge in [0.25, 0.3) is 0 Å². The summed E-state index contributed by atoms with van der Waals surface area (Å²) in [5.41, 5.74) is 0. The van der Waals surface area contributed by atoms with Crippen LogP contribution in [0.15, 0.2) is 0 Å². The maximum Gasteiger partial charge on any atom is 0.472 e. The summed E-state index contributed by atoms with van der Waals surface area (Å²) in [6.45, 7) is 11.9. The topological polar surface area (TPSA) is 237 Å². The van der Waals surface area contributed by atoms with E-state index in [1.807, 2.05) is 0 Å². The fourth-order valence-corrected chi connectivity index (χ4v) is 13.3. The molecule has 17 nitrogen and oxygen atoms in total. The number of ether oxygens (including phenoxy) is 4. The number of hydrogen-bond donors (Lipinski definition) is 3. The number of aliphatic hydroxyl groups is 1. The van der Waals surface area contributed by atoms with Crippen molar-refractivity contribution in [1.29, 1.82) is 0 Å². The Labute approximate surface area is 588 Å². The molecule has 0 bridgehead atoms. The number of phosphoric ester groups is 2. The van der Waals surface area contributed by atoms with Crippen LogP contribution in [-0.2, 0) is 65.4 Å². The summed E-state index contributed by atoms with van der Waals surface area (Å²) in [6.07, 6.45) is 54.2. The second kappa shape index (κ2) is 67.5. The van der Waals surface area contributed by atoms with E-state index in [2.05, 4.69) is 48.5 Å². The fourth-order valence-electron chi connectivity index (χ4n) is 11.7. The van der Waals surface area contributed by atoms with Crippen molar-refractivity contribution in [1.82, 2.24) is 0 Å². The smallest absolute Gasteiger partial charge is 0.462 e. The zero-order valence-corrected chi connectivity index (χ0v) is 64.6. The first kappa shape index (κ1) is 94.1. The van der Waals surface area contributed by atoms with Gasteiger partial charge in [0.2, 0.25) is 0 Å². The Balaban J connectivity index is 5.23. The first-order valence-electron chi connectivity index (χ1n) is 39.9. The lowest BCUT2D eigenvalue weighted by Gasteiger charge is -2.21. The van der Waals surface area contributed by atoms with E-state index in [9.17, 15) is 43.2 Å². The lowest BCUT2D eigenvalue weighted by molar-refractivity contribution is -0.161. The van der Waals surface area contributed by atoms with E-state index in [1.54, 1.807) is 0 Å². The SMILES string of the molecule is CCCCCCCCCCCCCCCCCCCCCCC(=O)O[C@H](COC(=O)CCCCCCCCCCCCC(C)C)COP(=O)(O)OC[C@@H](O)COP(=O)(O)OC[C@@H](COC(=O)CCCCCCCCCCC(C)C)OC(=O)CCCCCCCCCCC(C)CC. The second-order valence-electron chi connectivity index (χ2n) is 28.9. The number of unbranched alkanes of at least 4 members (excludes halogenated alkanes) is 42. The molecule has 96 heavy (non-hydrogen) atoms. The Morgan fingerprint density at radius 2 is 0.531 bits per heavy atom. The zero-order chi connectivity index (χ0) is 70.9. The number of phosphoric acid groups is 2. The van der Waals surface area contributed by atoms with Crippen LogP contribution in [0, 0.1) is 17.8 Å². The van der Waals surface area contributed by atoms with E-state index in [1.165, 1.54) is 205 Å². The van der Waals surface area contributed by atoms with Gasteiger partial charge in [-0.25, -0.2) is 9.13 Å². The van der Waals surface area contributed by atoms with Gasteiger partial charge < -0.3 is 33.8 Å². The highest BCUT2D eigenvalue weighted by atomic mass is 31.2. The van der Waals surface area contributed by atoms with Crippen LogP contribution in [0.2, 0.25) is 0 Å². The molecule has 6 atom stereocenters. The van der Waals surface area contributed by atoms with Crippen molar-refractivity contribution in [3.8, 4) is 0 Å². The fraction of sp³-hybridized carbons (Fsp3) is 0.948. The molecule has 19 heteroatoms. The summed E-state index contributed by atoms with van der Waals surface area (Å²) < 4.78 is 68.6. The molecule has 0 heterocycles. The van der Waals surface area contributed by atoms with Crippen LogP contribution < -0.4 is 0 Å². The van der Waals surface area contributed by atoms with Crippen LogP contribution in [0.3, 0.4) is 0 Å². The minimum Gasteiger partial charge on any atom is -0.462 e. The van der Waals surface area contributed by atoms with Gasteiger partial charge in [-0.3, -0.25) is 37.3 Å². The van der Waals surface area contributed by atoms with Crippen LogP contribution in [0.1, 0.15) is 395 Å². The molecule has 3 N–H and O–H groups in total. The highest BCUT2D eigenvalue weighted by Crippen LogP contribution is 2.45. The molecule has 0 aliphatic heterocycles. The molecule has 0 saturated carbocycles. The summed E-state index contributed by atoms with van der Waals surface area (Å²) in [5, 5.41) is 10.6. The Morgan fingerprint density at radius 1 is 0.302 bits per heavy atom. The van der Waals surface area contributed by atoms with E-state index in [4.69, 9.17) is 37.0 Å². The monoisotopic (exact) mass is 1410 g/mol. The summed E-state index contributed by atoms with van der Waals surface area (Å²) in [6, 6.07) is 0. The molecular weight excluding hydrogens is 1260 g/mol. The Morgan fingerprint density at radius 3 is 0.792 bits per heavy atom. The Kier molecular flexibility index (Phi) is 66.2. The lowest BCUT2D eigenvalue weighted by atomic mass is 9.99. The minimum atomic E-state index is -4.96. The van der Waals surface area contributed by atoms with Gasteiger partial charge in [0.1, 0.15) is 19.3 Å². The van der Waals surface area contributed by atoms with E-state index in [0.29, 0.717) is 25.7 Å². The molecule has 0 rings (SSSR count). The van der Waals surface area contributed by atoms with E-state index < -0.39 is 97.5 Å². The van der Waals surface area contributed by atoms with Crippen molar-refractivity contribution in [2.75, 3.05) is 39.6 Å². The highest BCUT2D eigenvalue weighted by Gasteiger charge is 2.30. The van der Waals surface area contributed by atoms with Crippen LogP contribution >= 0.6 is 15.6 Å². The molecule has 0 aliphatic carbocycles. The number of carbonyl (C=O) groups excluding carboxylic acids is 4. The molecule has 570 valence electrons. The second-order valence-corrected chi connectivity index (χ2v) is 31.8. The number of esters is 4. The highest BCUT2D eigenvalue weighted by molar-refractivity contribution is 7.47. The van der Waals surface area contributed by atoms with Gasteiger partial charge in [0.05, 0.1) is 26.4 Å². The van der Waals surface area contributed by atoms with Crippen molar-refractivity contribution in [3.05, 3.63) is 0 Å². The van der Waals surface area contributed by atoms with Gasteiger partial charge in [-0.15, -0.1) is 0 Å². The molecule has 0 aliphatic rings. The van der Waals surface area contributed by atoms with Gasteiger partial charge in [0, 0.05) is 25.7 Å². The predicted molar refractivity (Wildman–Crippen MR) is 391 cm³/mol. The first-order valence-corrected chi connectivity index (χ1v) is 42.9. The average Bonchev–Trinajstić information content (AvgIpc) is 2.01. The number of hydrogen-bond acceptors (Lipinski definition) is 15. The molecular formula is C77H150O17P2. The summed E-state index contributed by atoms with van der Waals surface area (Å²) in [4.78, 5) is 72.8. The number of carbonyl (C=O) groups is 4. The maximum absolute atomic E-state index is 13.1. The standard InChI is InChI=1S/C77H150O17P2/c1-8-10-11-12-13-14-15-16-17-18-19-20-21-22-23-24-29-39-46-53-60-76(81)93-72(64-87-74(79)58-51-44-37-28-26-25-27-34-41-48-55-68(3)4)66-91-95(83,84)89-62-71(78)63-90-96(85,86)92-67-73(65-88-75(80)59-52-45-38-32-30-35-42-49-56-69(5)6)94-77(82)61-54-47-40-33-31-36-43-50-57-70(7)9-2/h68-73,78H,8-67H2,1-7H3,(H,83,84)(H,85,86)/t70?,71-,72-,73-/m1/s1. The van der Waals surface area contributed by atoms with E-state index >= 15 is 0 Å². The molecule has 0 aromatic carbocycles. The Hall–Kier alpha value is -1.94. The molecule has 3 unspecified atom stereocenters. The van der Waals surface area contributed by atoms with Gasteiger partial charge in [-0.2, -0.15) is 0 Å². The summed E-state index contributed by atoms with van der Waals surface area (Å²) in [7, 11) is -9.91. The normalized spacial score (nSPS) is 14.3. The Bertz CT molecular complexity index is 1870. The third-order valence-electron chi connectivity index (χ3n) is 18.2. The third-order valence-corrected chi connectivity index (χ3v) is 20.1. The number of aliphatic hydroxyl groups excluding tert-OH is 1. The average molecular weight is 1410 g/mol. The quantitative estimate of drug-likeness (QED) is 0.0222. The van der Waals surface area contributed by atoms with Crippen LogP contribution in [0.25, 0.3) is 0 Å². The zero-order valence-electron chi connectivity index (χ0n) is 62.8. The minimum absolute atomic E-state index is 0.104. The van der Waals surface area contributed by atoms with Crippen molar-refractivity contribution in [2.45, 2.75) is 414 Å². The van der Waals surface area contributed by atoms with Gasteiger partial charge in [-0.05, 0) is 43.4 Å². The van der Waals surface area contributed by atoms with Gasteiger partial charge in [-0.1, -0.05) is 344 Å². The first-order chi connectivity index (χ1) is 46.3. The molecule has 0 aromatic heterocycles. The molecule has 0 spiro atoms. The predicted octanol–water partition coefficient (Wildman–Crippen LogP) is 22.6. The van der Waals surface area contributed by atoms with E-state index in [0.717, 1.165) is 108 Å². The molecule has 0 saturated heterocycles. The largest absolute Gasteiger partial charge is 0.472 e. The maximum atomic E-state index is 13.1. The molecule has 0 aromatic rings. The van der Waals surface area contributed by atoms with Crippen LogP contribution in [-0.4, -0.2) is 96.7 Å². The number of rotatable bonds is 75. The van der Waals surface area contributed by atoms with Crippen LogP contribution in [0.5, 0.6) is 0 Å². The molecule has 0 fully saturated rings. The van der Waals surface area contributed by atoms with Gasteiger partial charge in [0.15, 0.2) is 12.2 Å². The van der Waals surface area contributed by atoms with E-state index in [-0.39, 0.29) is 25.7 Å². The van der Waals surface area contributed by atoms with Crippen LogP contribution in [0.4, 0.5) is 0 Å². The van der Waals surface area contributed by atoms with Crippen molar-refractivity contribution in [2.24, 2.45) is 17.8 Å². The summed E-state index contributed by atoms with van der Waals surface area (Å²) >= 11 is 0. The lowest BCUT2D eigenvalue weighted by Crippen LogP contribution is -2.30. The molecule has 0 amide bonds.